The molecule has 3 aromatic rings. The number of allylic oxidation sites excluding steroid dienone is 1. The highest BCUT2D eigenvalue weighted by molar-refractivity contribution is 9.10. The molecule has 1 aliphatic rings. The number of fused-ring (bicyclic) bond motifs is 1. The van der Waals surface area contributed by atoms with Gasteiger partial charge < -0.3 is 9.47 Å². The average Bonchev–Trinajstić information content (AvgIpc) is 2.97. The molecule has 0 spiro atoms. The second-order valence-corrected chi connectivity index (χ2v) is 6.94. The monoisotopic (exact) mass is 438 g/mol. The third-order valence-electron chi connectivity index (χ3n) is 4.09. The van der Waals surface area contributed by atoms with Crippen molar-refractivity contribution in [2.75, 3.05) is 0 Å². The Morgan fingerprint density at radius 3 is 2.64 bits per heavy atom. The molecule has 138 valence electrons. The van der Waals surface area contributed by atoms with Gasteiger partial charge in [0.25, 0.3) is 0 Å². The van der Waals surface area contributed by atoms with E-state index in [1.807, 2.05) is 24.3 Å². The molecule has 0 radical (unpaired) electrons. The number of halogens is 2. The predicted molar refractivity (Wildman–Crippen MR) is 105 cm³/mol. The number of ketones is 1. The first-order chi connectivity index (χ1) is 13.5. The van der Waals surface area contributed by atoms with Gasteiger partial charge in [-0.25, -0.2) is 9.18 Å². The lowest BCUT2D eigenvalue weighted by atomic mass is 10.1. The van der Waals surface area contributed by atoms with E-state index in [-0.39, 0.29) is 28.6 Å². The van der Waals surface area contributed by atoms with Crippen LogP contribution >= 0.6 is 15.9 Å². The summed E-state index contributed by atoms with van der Waals surface area (Å²) >= 11 is 3.38. The minimum Gasteiger partial charge on any atom is -0.452 e. The summed E-state index contributed by atoms with van der Waals surface area (Å²) in [5.74, 6) is -1.15. The van der Waals surface area contributed by atoms with Crippen LogP contribution in [0.2, 0.25) is 0 Å². The summed E-state index contributed by atoms with van der Waals surface area (Å²) in [5.41, 5.74) is 0.999. The van der Waals surface area contributed by atoms with Crippen LogP contribution in [-0.4, -0.2) is 11.8 Å². The Morgan fingerprint density at radius 2 is 1.86 bits per heavy atom. The second-order valence-electron chi connectivity index (χ2n) is 6.02. The van der Waals surface area contributed by atoms with Gasteiger partial charge in [0.15, 0.2) is 5.76 Å². The first-order valence-electron chi connectivity index (χ1n) is 8.32. The van der Waals surface area contributed by atoms with Crippen molar-refractivity contribution in [3.63, 3.8) is 0 Å². The van der Waals surface area contributed by atoms with Crippen molar-refractivity contribution in [1.82, 2.24) is 0 Å². The van der Waals surface area contributed by atoms with Crippen molar-refractivity contribution in [1.29, 1.82) is 0 Å². The molecule has 0 N–H and O–H groups in total. The van der Waals surface area contributed by atoms with Crippen LogP contribution in [0, 0.1) is 5.82 Å². The molecule has 0 fully saturated rings. The largest absolute Gasteiger partial charge is 0.452 e. The molecule has 0 atom stereocenters. The fraction of sp³-hybridized carbons (Fsp3) is 0. The van der Waals surface area contributed by atoms with Crippen LogP contribution in [0.4, 0.5) is 4.39 Å². The Bertz CT molecular complexity index is 1140. The van der Waals surface area contributed by atoms with Crippen molar-refractivity contribution < 1.29 is 23.5 Å². The van der Waals surface area contributed by atoms with Crippen molar-refractivity contribution in [2.24, 2.45) is 0 Å². The van der Waals surface area contributed by atoms with E-state index in [9.17, 15) is 14.0 Å². The minimum atomic E-state index is -0.827. The second kappa shape index (κ2) is 7.40. The van der Waals surface area contributed by atoms with E-state index < -0.39 is 11.8 Å². The number of rotatable bonds is 3. The van der Waals surface area contributed by atoms with Gasteiger partial charge in [-0.1, -0.05) is 40.2 Å². The topological polar surface area (TPSA) is 52.6 Å². The van der Waals surface area contributed by atoms with Crippen molar-refractivity contribution in [3.8, 4) is 11.5 Å². The van der Waals surface area contributed by atoms with Crippen LogP contribution in [0.5, 0.6) is 11.5 Å². The smallest absolute Gasteiger partial charge is 0.346 e. The molecule has 4 nitrogen and oxygen atoms in total. The molecule has 0 aliphatic carbocycles. The van der Waals surface area contributed by atoms with E-state index >= 15 is 0 Å². The van der Waals surface area contributed by atoms with Crippen LogP contribution in [-0.2, 0) is 0 Å². The zero-order valence-electron chi connectivity index (χ0n) is 14.3. The molecule has 1 heterocycles. The third kappa shape index (κ3) is 3.59. The number of hydrogen-bond acceptors (Lipinski definition) is 4. The molecule has 28 heavy (non-hydrogen) atoms. The Kier molecular flexibility index (Phi) is 4.79. The molecule has 3 aromatic carbocycles. The molecule has 0 unspecified atom stereocenters. The Labute approximate surface area is 168 Å². The number of hydrogen-bond donors (Lipinski definition) is 0. The summed E-state index contributed by atoms with van der Waals surface area (Å²) < 4.78 is 25.5. The Hall–Kier alpha value is -3.25. The van der Waals surface area contributed by atoms with Gasteiger partial charge in [0.05, 0.1) is 11.1 Å². The molecule has 0 bridgehead atoms. The van der Waals surface area contributed by atoms with Gasteiger partial charge in [0, 0.05) is 10.5 Å². The van der Waals surface area contributed by atoms with E-state index in [0.29, 0.717) is 5.56 Å². The quantitative estimate of drug-likeness (QED) is 0.311. The van der Waals surface area contributed by atoms with Crippen LogP contribution in [0.1, 0.15) is 26.3 Å². The standard InChI is InChI=1S/C22H12BrFO4/c23-14-5-3-4-13(10-14)11-20-21(25)17-9-8-15(12-19(17)28-20)27-22(26)16-6-1-2-7-18(16)24/h1-12H. The zero-order valence-corrected chi connectivity index (χ0v) is 15.9. The van der Waals surface area contributed by atoms with Gasteiger partial charge in [0.1, 0.15) is 17.3 Å². The molecule has 4 rings (SSSR count). The van der Waals surface area contributed by atoms with E-state index in [4.69, 9.17) is 9.47 Å². The van der Waals surface area contributed by atoms with E-state index in [1.54, 1.807) is 12.1 Å². The van der Waals surface area contributed by atoms with Gasteiger partial charge >= 0.3 is 5.97 Å². The molecule has 6 heteroatoms. The normalized spacial score (nSPS) is 13.9. The first-order valence-corrected chi connectivity index (χ1v) is 9.11. The summed E-state index contributed by atoms with van der Waals surface area (Å²) in [6, 6.07) is 17.4. The van der Waals surface area contributed by atoms with Crippen molar-refractivity contribution in [2.45, 2.75) is 0 Å². The van der Waals surface area contributed by atoms with Gasteiger partial charge in [-0.15, -0.1) is 0 Å². The number of Topliss-reactive ketones (excluding diaryl/α,β-unsaturated/α-hetero) is 1. The lowest BCUT2D eigenvalue weighted by molar-refractivity contribution is 0.0729. The Balaban J connectivity index is 1.57. The maximum atomic E-state index is 13.7. The maximum absolute atomic E-state index is 13.7. The highest BCUT2D eigenvalue weighted by Gasteiger charge is 2.28. The average molecular weight is 439 g/mol. The number of carbonyl (C=O) groups is 2. The van der Waals surface area contributed by atoms with Crippen LogP contribution < -0.4 is 9.47 Å². The molecule has 0 aromatic heterocycles. The highest BCUT2D eigenvalue weighted by atomic mass is 79.9. The predicted octanol–water partition coefficient (Wildman–Crippen LogP) is 5.42. The number of esters is 1. The number of ether oxygens (including phenoxy) is 2. The minimum absolute atomic E-state index is 0.156. The van der Waals surface area contributed by atoms with E-state index in [2.05, 4.69) is 15.9 Å². The van der Waals surface area contributed by atoms with Crippen LogP contribution in [0.3, 0.4) is 0 Å². The lowest BCUT2D eigenvalue weighted by Gasteiger charge is -2.06. The van der Waals surface area contributed by atoms with Crippen LogP contribution in [0.25, 0.3) is 6.08 Å². The van der Waals surface area contributed by atoms with Crippen LogP contribution in [0.15, 0.2) is 77.0 Å². The zero-order chi connectivity index (χ0) is 19.7. The summed E-state index contributed by atoms with van der Waals surface area (Å²) in [6.45, 7) is 0. The Morgan fingerprint density at radius 1 is 1.04 bits per heavy atom. The molecule has 0 saturated carbocycles. The molecular formula is C22H12BrFO4. The summed E-state index contributed by atoms with van der Waals surface area (Å²) in [7, 11) is 0. The SMILES string of the molecule is O=C(Oc1ccc2c(c1)OC(=Cc1cccc(Br)c1)C2=O)c1ccccc1F. The first kappa shape index (κ1) is 18.1. The molecule has 0 amide bonds. The third-order valence-corrected chi connectivity index (χ3v) is 4.59. The number of carbonyl (C=O) groups excluding carboxylic acids is 2. The van der Waals surface area contributed by atoms with Gasteiger partial charge in [0.2, 0.25) is 5.78 Å². The van der Waals surface area contributed by atoms with Gasteiger partial charge in [-0.2, -0.15) is 0 Å². The van der Waals surface area contributed by atoms with E-state index in [1.165, 1.54) is 36.4 Å². The fourth-order valence-corrected chi connectivity index (χ4v) is 3.18. The van der Waals surface area contributed by atoms with Gasteiger partial charge in [-0.3, -0.25) is 4.79 Å². The van der Waals surface area contributed by atoms with Crippen molar-refractivity contribution >= 4 is 33.8 Å². The summed E-state index contributed by atoms with van der Waals surface area (Å²) in [4.78, 5) is 24.7. The maximum Gasteiger partial charge on any atom is 0.346 e. The summed E-state index contributed by atoms with van der Waals surface area (Å²) in [6.07, 6.45) is 1.64. The molecule has 0 saturated heterocycles. The van der Waals surface area contributed by atoms with E-state index in [0.717, 1.165) is 10.0 Å². The highest BCUT2D eigenvalue weighted by Crippen LogP contribution is 2.35. The molecular weight excluding hydrogens is 427 g/mol. The fourth-order valence-electron chi connectivity index (χ4n) is 2.77. The molecule has 1 aliphatic heterocycles. The summed E-state index contributed by atoms with van der Waals surface area (Å²) in [5, 5.41) is 0. The lowest BCUT2D eigenvalue weighted by Crippen LogP contribution is -2.10. The van der Waals surface area contributed by atoms with Crippen molar-refractivity contribution in [3.05, 3.63) is 99.5 Å². The van der Waals surface area contributed by atoms with Gasteiger partial charge in [-0.05, 0) is 48.0 Å². The number of benzene rings is 3.